The third kappa shape index (κ3) is 10.4. The van der Waals surface area contributed by atoms with E-state index in [9.17, 15) is 0 Å². The second-order valence-electron chi connectivity index (χ2n) is 4.84. The van der Waals surface area contributed by atoms with Gasteiger partial charge in [0.25, 0.3) is 0 Å². The average molecular weight is 301 g/mol. The fourth-order valence-corrected chi connectivity index (χ4v) is 2.80. The van der Waals surface area contributed by atoms with Crippen LogP contribution < -0.4 is 30.5 Å². The van der Waals surface area contributed by atoms with Crippen LogP contribution in [0.4, 0.5) is 0 Å². The van der Waals surface area contributed by atoms with Gasteiger partial charge in [-0.15, -0.1) is 0 Å². The Morgan fingerprint density at radius 3 is 1.19 bits per heavy atom. The summed E-state index contributed by atoms with van der Waals surface area (Å²) >= 11 is 2.23. The second-order valence-corrected chi connectivity index (χ2v) is 6.39. The third-order valence-electron chi connectivity index (χ3n) is 3.25. The van der Waals surface area contributed by atoms with Crippen LogP contribution in [0.2, 0.25) is 0 Å². The van der Waals surface area contributed by atoms with Gasteiger partial charge >= 0.3 is 101 Å². The van der Waals surface area contributed by atoms with E-state index in [-0.39, 0.29) is 28.7 Å². The molecule has 0 aromatic rings. The Labute approximate surface area is 125 Å². The van der Waals surface area contributed by atoms with E-state index in [1.807, 2.05) is 0 Å². The number of rotatable bonds is 0. The molecule has 0 bridgehead atoms. The summed E-state index contributed by atoms with van der Waals surface area (Å²) in [5.74, 6) is 0. The molecule has 1 nitrogen and oxygen atoms in total. The van der Waals surface area contributed by atoms with Crippen LogP contribution in [0.1, 0.15) is 70.6 Å². The summed E-state index contributed by atoms with van der Waals surface area (Å²) in [6.45, 7) is 0. The molecular weight excluding hydrogens is 277 g/mol. The molecule has 0 heterocycles. The van der Waals surface area contributed by atoms with Gasteiger partial charge in [-0.05, 0) is 0 Å². The van der Waals surface area contributed by atoms with E-state index in [0.29, 0.717) is 0 Å². The van der Waals surface area contributed by atoms with Crippen molar-refractivity contribution in [3.05, 3.63) is 0 Å². The van der Waals surface area contributed by atoms with Crippen LogP contribution in [0.5, 0.6) is 0 Å². The smallest absolute Gasteiger partial charge is 1.00 e. The van der Waals surface area contributed by atoms with Gasteiger partial charge in [0.1, 0.15) is 0 Å². The van der Waals surface area contributed by atoms with Crippen molar-refractivity contribution in [3.8, 4) is 0 Å². The minimum absolute atomic E-state index is 0. The number of hydrogen-bond donors (Lipinski definition) is 1. The summed E-state index contributed by atoms with van der Waals surface area (Å²) in [7, 11) is 0. The van der Waals surface area contributed by atoms with Crippen molar-refractivity contribution in [2.45, 2.75) is 74.5 Å². The van der Waals surface area contributed by atoms with Crippen molar-refractivity contribution in [1.29, 1.82) is 0 Å². The van der Waals surface area contributed by atoms with Crippen LogP contribution >= 0.6 is 0 Å². The molecule has 0 saturated heterocycles. The fraction of sp³-hybridized carbons (Fsp3) is 1.00. The largest absolute Gasteiger partial charge is 1.00 e. The molecule has 0 atom stereocenters. The molecule has 0 aromatic carbocycles. The molecule has 0 radical (unpaired) electrons. The normalized spacial score (nSPS) is 22.9. The van der Waals surface area contributed by atoms with E-state index < -0.39 is 0 Å². The van der Waals surface area contributed by atoms with Gasteiger partial charge in [0.05, 0.1) is 0 Å². The van der Waals surface area contributed by atoms with E-state index >= 15 is 0 Å². The summed E-state index contributed by atoms with van der Waals surface area (Å²) in [6.07, 6.45) is 15.1. The van der Waals surface area contributed by atoms with Crippen molar-refractivity contribution in [1.82, 2.24) is 0 Å². The van der Waals surface area contributed by atoms with Gasteiger partial charge < -0.3 is 24.8 Å². The van der Waals surface area contributed by atoms with Crippen LogP contribution in [0.15, 0.2) is 0 Å². The first-order chi connectivity index (χ1) is 6.71. The minimum Gasteiger partial charge on any atom is -1.00 e. The average Bonchev–Trinajstić information content (AvgIpc) is 2.11. The maximum Gasteiger partial charge on any atom is -1.00 e. The summed E-state index contributed by atoms with van der Waals surface area (Å²) in [6, 6.07) is 0. The van der Waals surface area contributed by atoms with E-state index in [2.05, 4.69) is 20.4 Å². The van der Waals surface area contributed by atoms with E-state index in [1.54, 1.807) is 0 Å². The topological polar surface area (TPSA) is 26.0 Å². The number of hydrogen-bond acceptors (Lipinski definition) is 1. The minimum atomic E-state index is 0. The standard InChI is InChI=1S/C12H24N.2ClH.Ti/c13-12-10-8-6-4-2-1-3-5-7-9-11-12;;;/h1-11,13H2;2*1H;/q;;;+2/p-2. The summed E-state index contributed by atoms with van der Waals surface area (Å²) in [4.78, 5) is 0. The molecular formula is C12H24Cl2NTi. The van der Waals surface area contributed by atoms with Crippen molar-refractivity contribution >= 4 is 0 Å². The van der Waals surface area contributed by atoms with Crippen LogP contribution in [-0.2, 0) is 20.4 Å². The van der Waals surface area contributed by atoms with Crippen molar-refractivity contribution in [2.75, 3.05) is 0 Å². The molecule has 0 spiro atoms. The zero-order chi connectivity index (χ0) is 10.3. The molecule has 0 aliphatic heterocycles. The number of nitrogens with two attached hydrogens (primary N) is 1. The summed E-state index contributed by atoms with van der Waals surface area (Å²) in [5.41, 5.74) is 6.26. The van der Waals surface area contributed by atoms with Gasteiger partial charge in [-0.2, -0.15) is 0 Å². The molecule has 1 rings (SSSR count). The fourth-order valence-electron chi connectivity index (χ4n) is 2.24. The van der Waals surface area contributed by atoms with Gasteiger partial charge in [-0.25, -0.2) is 0 Å². The molecule has 95 valence electrons. The first-order valence-corrected chi connectivity index (χ1v) is 7.03. The summed E-state index contributed by atoms with van der Waals surface area (Å²) < 4.78 is 0.124. The number of halogens is 2. The Morgan fingerprint density at radius 2 is 0.875 bits per heavy atom. The van der Waals surface area contributed by atoms with Gasteiger partial charge in [0, 0.05) is 0 Å². The molecule has 2 N–H and O–H groups in total. The second kappa shape index (κ2) is 11.4. The molecule has 16 heavy (non-hydrogen) atoms. The van der Waals surface area contributed by atoms with Crippen LogP contribution in [0.25, 0.3) is 0 Å². The maximum absolute atomic E-state index is 6.26. The van der Waals surface area contributed by atoms with Crippen molar-refractivity contribution in [3.63, 3.8) is 0 Å². The van der Waals surface area contributed by atoms with Crippen LogP contribution in [0.3, 0.4) is 0 Å². The van der Waals surface area contributed by atoms with Gasteiger partial charge in [0.15, 0.2) is 0 Å². The first-order valence-electron chi connectivity index (χ1n) is 6.25. The van der Waals surface area contributed by atoms with Crippen molar-refractivity contribution in [2.24, 2.45) is 5.73 Å². The first kappa shape index (κ1) is 19.6. The molecule has 0 aromatic heterocycles. The third-order valence-corrected chi connectivity index (χ3v) is 4.03. The quantitative estimate of drug-likeness (QED) is 0.492. The van der Waals surface area contributed by atoms with Crippen molar-refractivity contribution < 1.29 is 45.2 Å². The Morgan fingerprint density at radius 1 is 0.625 bits per heavy atom. The maximum atomic E-state index is 6.26. The van der Waals surface area contributed by atoms with E-state index in [1.165, 1.54) is 70.6 Å². The zero-order valence-corrected chi connectivity index (χ0v) is 13.2. The molecule has 1 fully saturated rings. The summed E-state index contributed by atoms with van der Waals surface area (Å²) in [5, 5.41) is 0. The van der Waals surface area contributed by atoms with E-state index in [0.717, 1.165) is 0 Å². The predicted molar refractivity (Wildman–Crippen MR) is 57.7 cm³/mol. The monoisotopic (exact) mass is 300 g/mol. The predicted octanol–water partition coefficient (Wildman–Crippen LogP) is -2.50. The Hall–Kier alpha value is 1.25. The van der Waals surface area contributed by atoms with Gasteiger partial charge in [0.2, 0.25) is 0 Å². The SMILES string of the molecule is N[C]1([Ti+2])CCCCCCCCCCC1.[Cl-].[Cl-]. The Balaban J connectivity index is 0. The molecule has 4 heteroatoms. The molecule has 1 aliphatic rings. The molecule has 0 amide bonds. The molecule has 0 unspecified atom stereocenters. The van der Waals surface area contributed by atoms with Crippen LogP contribution in [-0.4, -0.2) is 3.84 Å². The van der Waals surface area contributed by atoms with Gasteiger partial charge in [-0.1, -0.05) is 0 Å². The van der Waals surface area contributed by atoms with Gasteiger partial charge in [-0.3, -0.25) is 0 Å². The molecule has 1 aliphatic carbocycles. The zero-order valence-electron chi connectivity index (χ0n) is 10.1. The Bertz CT molecular complexity index is 140. The van der Waals surface area contributed by atoms with E-state index in [4.69, 9.17) is 5.73 Å². The molecule has 1 saturated carbocycles. The van der Waals surface area contributed by atoms with Crippen LogP contribution in [0, 0.1) is 0 Å². The Kier molecular flexibility index (Phi) is 13.9.